The topological polar surface area (TPSA) is 338 Å². The van der Waals surface area contributed by atoms with Crippen LogP contribution in [0.4, 0.5) is 34.6 Å². The number of rotatable bonds is 8. The summed E-state index contributed by atoms with van der Waals surface area (Å²) in [5, 5.41) is 21.3. The van der Waals surface area contributed by atoms with Crippen LogP contribution in [-0.2, 0) is 0 Å². The average Bonchev–Trinajstić information content (AvgIpc) is 3.28. The summed E-state index contributed by atoms with van der Waals surface area (Å²) in [7, 11) is 2.70. The molecule has 0 unspecified atom stereocenters. The van der Waals surface area contributed by atoms with Crippen molar-refractivity contribution < 1.29 is 24.4 Å². The molecule has 336 valence electrons. The first kappa shape index (κ1) is 41.2. The molecule has 4 aromatic carbocycles. The van der Waals surface area contributed by atoms with Gasteiger partial charge in [-0.1, -0.05) is 12.1 Å². The van der Waals surface area contributed by atoms with Gasteiger partial charge in [0.2, 0.25) is 0 Å². The van der Waals surface area contributed by atoms with Gasteiger partial charge in [-0.2, -0.15) is 0 Å². The maximum atomic E-state index is 13.6. The van der Waals surface area contributed by atoms with Crippen molar-refractivity contribution in [1.29, 1.82) is 0 Å². The summed E-state index contributed by atoms with van der Waals surface area (Å²) in [4.78, 5) is 128. The van der Waals surface area contributed by atoms with Crippen molar-refractivity contribution in [1.82, 2.24) is 39.9 Å². The van der Waals surface area contributed by atoms with E-state index in [4.69, 9.17) is 14.2 Å². The zero-order valence-corrected chi connectivity index (χ0v) is 34.5. The Kier molecular flexibility index (Phi) is 9.52. The first-order valence-corrected chi connectivity index (χ1v) is 19.9. The van der Waals surface area contributed by atoms with Crippen molar-refractivity contribution in [3.8, 4) is 34.5 Å². The normalized spacial score (nSPS) is 13.0. The third-order valence-corrected chi connectivity index (χ3v) is 11.4. The third kappa shape index (κ3) is 6.77. The number of ether oxygens (including phenoxy) is 3. The van der Waals surface area contributed by atoms with Crippen LogP contribution in [0.3, 0.4) is 0 Å². The highest BCUT2D eigenvalue weighted by Crippen LogP contribution is 2.49. The highest BCUT2D eigenvalue weighted by molar-refractivity contribution is 5.83. The van der Waals surface area contributed by atoms with Gasteiger partial charge in [-0.15, -0.1) is 0 Å². The molecular weight excluding hydrogens is 877 g/mol. The van der Waals surface area contributed by atoms with Crippen LogP contribution in [0.1, 0.15) is 45.2 Å². The van der Waals surface area contributed by atoms with Gasteiger partial charge >= 0.3 is 22.8 Å². The highest BCUT2D eigenvalue weighted by atomic mass is 16.5. The van der Waals surface area contributed by atoms with Crippen molar-refractivity contribution in [3.05, 3.63) is 202 Å². The number of H-pyrrole nitrogens is 8. The fourth-order valence-corrected chi connectivity index (χ4v) is 8.64. The van der Waals surface area contributed by atoms with Gasteiger partial charge in [0.25, 0.3) is 22.2 Å². The molecule has 0 fully saturated rings. The largest absolute Gasteiger partial charge is 0.504 e. The summed E-state index contributed by atoms with van der Waals surface area (Å²) in [6.07, 6.45) is 0. The summed E-state index contributed by atoms with van der Waals surface area (Å²) >= 11 is 0. The van der Waals surface area contributed by atoms with E-state index >= 15 is 0 Å². The van der Waals surface area contributed by atoms with E-state index in [-0.39, 0.29) is 103 Å². The molecule has 0 bridgehead atoms. The predicted octanol–water partition coefficient (Wildman–Crippen LogP) is 2.34. The van der Waals surface area contributed by atoms with Crippen molar-refractivity contribution >= 4 is 34.6 Å². The molecule has 0 atom stereocenters. The zero-order chi connectivity index (χ0) is 47.0. The summed E-state index contributed by atoms with van der Waals surface area (Å²) < 4.78 is 16.5. The average molecular weight is 909 g/mol. The molecule has 0 aliphatic carbocycles. The molecule has 0 amide bonds. The fraction of sp³-hybridized carbons (Fsp3) is 0.0909. The number of anilines is 6. The van der Waals surface area contributed by atoms with Crippen LogP contribution in [-0.4, -0.2) is 64.3 Å². The predicted molar refractivity (Wildman–Crippen MR) is 238 cm³/mol. The van der Waals surface area contributed by atoms with Gasteiger partial charge in [0.05, 0.1) is 48.3 Å². The Hall–Kier alpha value is -9.80. The number of aromatic nitrogens is 8. The standard InChI is InChI=1S/C44H32N10O13/c1-65-25-13-3-17(15-23(25)55)27-29-33(45-41(61)49-37(29)57)53(34-30(27)38(58)50-42(62)46-34)19-5-9-21(10-6-19)67-22-11-7-20(8-12-22)54-35-31(39(59)51-43(63)47-35)28(18-4-14-26(66-2)24(56)16-18)32-36(54)48-44(64)52-40(32)60/h3-16,27-28,55-56H,1-2H3,(H2,45,49,57,61)(H2,46,50,58,62)(H2,47,51,59,63)(H2,48,52,60,64). The van der Waals surface area contributed by atoms with Crippen molar-refractivity contribution in [2.75, 3.05) is 24.0 Å². The van der Waals surface area contributed by atoms with Crippen LogP contribution >= 0.6 is 0 Å². The molecule has 10 rings (SSSR count). The molecule has 2 aliphatic heterocycles. The van der Waals surface area contributed by atoms with E-state index in [9.17, 15) is 48.6 Å². The minimum Gasteiger partial charge on any atom is -0.504 e. The zero-order valence-electron chi connectivity index (χ0n) is 34.5. The van der Waals surface area contributed by atoms with E-state index in [0.29, 0.717) is 0 Å². The van der Waals surface area contributed by atoms with Crippen LogP contribution in [0.5, 0.6) is 34.5 Å². The maximum Gasteiger partial charge on any atom is 0.327 e. The fourth-order valence-electron chi connectivity index (χ4n) is 8.64. The molecule has 6 heterocycles. The first-order chi connectivity index (χ1) is 32.2. The van der Waals surface area contributed by atoms with Gasteiger partial charge in [-0.3, -0.25) is 68.8 Å². The quantitative estimate of drug-likeness (QED) is 0.105. The molecule has 8 aromatic rings. The van der Waals surface area contributed by atoms with E-state index in [1.807, 2.05) is 0 Å². The van der Waals surface area contributed by atoms with E-state index in [2.05, 4.69) is 39.9 Å². The molecule has 0 spiro atoms. The number of phenolic OH excluding ortho intramolecular Hbond substituents is 2. The Labute approximate surface area is 370 Å². The molecule has 2 aliphatic rings. The highest BCUT2D eigenvalue weighted by Gasteiger charge is 2.41. The second-order valence-corrected chi connectivity index (χ2v) is 15.2. The molecule has 4 aromatic heterocycles. The SMILES string of the molecule is COc1ccc(C2c3c([nH]c(=O)[nH]c3=O)N(c3ccc(Oc4ccc(N5c6[nH]c(=O)[nH]c(=O)c6C(c6ccc(OC)c(O)c6)c6c5[nH]c(=O)[nH]c6=O)cc4)cc3)c3[nH]c(=O)[nH]c(=O)c32)cc1O. The second-order valence-electron chi connectivity index (χ2n) is 15.2. The second kappa shape index (κ2) is 15.5. The lowest BCUT2D eigenvalue weighted by molar-refractivity contribution is 0.373. The number of aromatic amines is 8. The molecule has 0 saturated heterocycles. The van der Waals surface area contributed by atoms with E-state index in [1.165, 1.54) is 109 Å². The number of hydrogen-bond acceptors (Lipinski definition) is 15. The number of nitrogens with one attached hydrogen (secondary N) is 8. The number of benzene rings is 4. The number of methoxy groups -OCH3 is 2. The van der Waals surface area contributed by atoms with E-state index in [0.717, 1.165) is 0 Å². The third-order valence-electron chi connectivity index (χ3n) is 11.4. The molecule has 23 heteroatoms. The minimum absolute atomic E-state index is 0.0759. The molecule has 23 nitrogen and oxygen atoms in total. The van der Waals surface area contributed by atoms with Crippen LogP contribution in [0, 0.1) is 0 Å². The Bertz CT molecular complexity index is 3440. The van der Waals surface area contributed by atoms with Crippen molar-refractivity contribution in [2.24, 2.45) is 0 Å². The Morgan fingerprint density at radius 2 is 0.716 bits per heavy atom. The van der Waals surface area contributed by atoms with Crippen LogP contribution in [0.15, 0.2) is 123 Å². The van der Waals surface area contributed by atoms with Gasteiger partial charge in [0.1, 0.15) is 34.8 Å². The van der Waals surface area contributed by atoms with Crippen LogP contribution < -0.4 is 69.0 Å². The lowest BCUT2D eigenvalue weighted by atomic mass is 9.83. The van der Waals surface area contributed by atoms with Crippen LogP contribution in [0.25, 0.3) is 0 Å². The summed E-state index contributed by atoms with van der Waals surface area (Å²) in [5.41, 5.74) is -6.12. The molecule has 10 N–H and O–H groups in total. The van der Waals surface area contributed by atoms with Gasteiger partial charge in [0.15, 0.2) is 23.0 Å². The lowest BCUT2D eigenvalue weighted by Crippen LogP contribution is -2.40. The van der Waals surface area contributed by atoms with E-state index in [1.54, 1.807) is 0 Å². The lowest BCUT2D eigenvalue weighted by Gasteiger charge is -2.35. The van der Waals surface area contributed by atoms with E-state index < -0.39 is 56.8 Å². The number of fused-ring (bicyclic) bond motifs is 4. The Morgan fingerprint density at radius 1 is 0.418 bits per heavy atom. The van der Waals surface area contributed by atoms with Crippen LogP contribution in [0.2, 0.25) is 0 Å². The number of nitrogens with zero attached hydrogens (tertiary/aromatic N) is 2. The smallest absolute Gasteiger partial charge is 0.327 e. The molecular formula is C44H32N10O13. The Balaban J connectivity index is 1.01. The number of aromatic hydroxyl groups is 2. The maximum absolute atomic E-state index is 13.6. The molecule has 67 heavy (non-hydrogen) atoms. The van der Waals surface area contributed by atoms with Gasteiger partial charge < -0.3 is 24.4 Å². The Morgan fingerprint density at radius 3 is 0.985 bits per heavy atom. The molecule has 0 saturated carbocycles. The monoisotopic (exact) mass is 908 g/mol. The van der Waals surface area contributed by atoms with Gasteiger partial charge in [-0.05, 0) is 83.9 Å². The van der Waals surface area contributed by atoms with Gasteiger partial charge in [0, 0.05) is 11.4 Å². The summed E-state index contributed by atoms with van der Waals surface area (Å²) in [5.74, 6) is -2.48. The number of phenols is 2. The van der Waals surface area contributed by atoms with Crippen molar-refractivity contribution in [3.63, 3.8) is 0 Å². The molecule has 0 radical (unpaired) electrons. The van der Waals surface area contributed by atoms with Crippen molar-refractivity contribution in [2.45, 2.75) is 11.8 Å². The number of hydrogen-bond donors (Lipinski definition) is 10. The summed E-state index contributed by atoms with van der Waals surface area (Å²) in [6, 6.07) is 20.9. The summed E-state index contributed by atoms with van der Waals surface area (Å²) in [6.45, 7) is 0. The first-order valence-electron chi connectivity index (χ1n) is 19.9. The van der Waals surface area contributed by atoms with Gasteiger partial charge in [-0.25, -0.2) is 19.2 Å². The minimum atomic E-state index is -1.19.